The molecule has 1 fully saturated rings. The first-order chi connectivity index (χ1) is 18.9. The molecule has 1 aromatic carbocycles. The molecule has 1 saturated heterocycles. The van der Waals surface area contributed by atoms with Crippen LogP contribution in [0.5, 0.6) is 0 Å². The first kappa shape index (κ1) is 26.9. The van der Waals surface area contributed by atoms with E-state index in [1.807, 2.05) is 0 Å². The van der Waals surface area contributed by atoms with Gasteiger partial charge in [-0.15, -0.1) is 0 Å². The van der Waals surface area contributed by atoms with Crippen molar-refractivity contribution in [1.29, 1.82) is 0 Å². The highest BCUT2D eigenvalue weighted by atomic mass is 19.4. The smallest absolute Gasteiger partial charge is 0.382 e. The lowest BCUT2D eigenvalue weighted by atomic mass is 10.0. The highest BCUT2D eigenvalue weighted by Crippen LogP contribution is 2.39. The second-order valence-corrected chi connectivity index (χ2v) is 9.16. The molecule has 0 saturated carbocycles. The van der Waals surface area contributed by atoms with Crippen molar-refractivity contribution in [3.8, 4) is 11.3 Å². The van der Waals surface area contributed by atoms with E-state index >= 15 is 4.39 Å². The Morgan fingerprint density at radius 3 is 2.55 bits per heavy atom. The van der Waals surface area contributed by atoms with Crippen molar-refractivity contribution >= 4 is 23.1 Å². The van der Waals surface area contributed by atoms with Crippen molar-refractivity contribution in [1.82, 2.24) is 29.8 Å². The molecule has 2 atom stereocenters. The number of anilines is 1. The second kappa shape index (κ2) is 9.81. The van der Waals surface area contributed by atoms with Gasteiger partial charge in [-0.25, -0.2) is 22.7 Å². The molecule has 40 heavy (non-hydrogen) atoms. The first-order valence-corrected chi connectivity index (χ1v) is 11.7. The number of carbonyl (C=O) groups excluding carboxylic acids is 2. The van der Waals surface area contributed by atoms with Gasteiger partial charge in [0.05, 0.1) is 35.6 Å². The van der Waals surface area contributed by atoms with Crippen LogP contribution in [0.25, 0.3) is 16.8 Å². The van der Waals surface area contributed by atoms with Gasteiger partial charge in [-0.05, 0) is 36.8 Å². The molecule has 1 aliphatic rings. The zero-order valence-electron chi connectivity index (χ0n) is 20.5. The van der Waals surface area contributed by atoms with E-state index in [1.54, 1.807) is 0 Å². The summed E-state index contributed by atoms with van der Waals surface area (Å²) in [5.41, 5.74) is 2.78. The molecule has 1 aliphatic heterocycles. The maximum atomic E-state index is 15.1. The van der Waals surface area contributed by atoms with Gasteiger partial charge in [-0.1, -0.05) is 0 Å². The molecular formula is C25H19F6N7O2. The van der Waals surface area contributed by atoms with Crippen molar-refractivity contribution in [3.63, 3.8) is 0 Å². The van der Waals surface area contributed by atoms with E-state index < -0.39 is 70.8 Å². The summed E-state index contributed by atoms with van der Waals surface area (Å²) in [6.07, 6.45) is -3.62. The summed E-state index contributed by atoms with van der Waals surface area (Å²) in [6, 6.07) is 2.58. The Labute approximate surface area is 221 Å². The van der Waals surface area contributed by atoms with Crippen LogP contribution >= 0.6 is 0 Å². The fraction of sp³-hybridized carbons (Fsp3) is 0.240. The van der Waals surface area contributed by atoms with Crippen LogP contribution in [-0.2, 0) is 6.18 Å². The number of carbonyl (C=O) groups is 2. The number of rotatable bonds is 4. The van der Waals surface area contributed by atoms with E-state index in [-0.39, 0.29) is 28.9 Å². The molecule has 208 valence electrons. The third-order valence-corrected chi connectivity index (χ3v) is 6.58. The molecule has 15 heteroatoms. The number of nitrogen functional groups attached to an aromatic ring is 1. The Kier molecular flexibility index (Phi) is 6.59. The number of likely N-dealkylation sites (tertiary alicyclic amines) is 1. The van der Waals surface area contributed by atoms with Crippen LogP contribution in [-0.4, -0.2) is 61.6 Å². The zero-order valence-corrected chi connectivity index (χ0v) is 20.5. The molecule has 0 aliphatic carbocycles. The van der Waals surface area contributed by atoms with E-state index in [1.165, 1.54) is 13.1 Å². The fourth-order valence-electron chi connectivity index (χ4n) is 4.62. The number of hydrogen-bond donors (Lipinski definition) is 2. The van der Waals surface area contributed by atoms with E-state index in [9.17, 15) is 31.5 Å². The van der Waals surface area contributed by atoms with E-state index in [0.29, 0.717) is 6.07 Å². The van der Waals surface area contributed by atoms with Gasteiger partial charge in [0, 0.05) is 23.9 Å². The Bertz CT molecular complexity index is 1650. The summed E-state index contributed by atoms with van der Waals surface area (Å²) < 4.78 is 85.8. The Hall–Kier alpha value is -4.69. The molecule has 0 unspecified atom stereocenters. The van der Waals surface area contributed by atoms with E-state index in [0.717, 1.165) is 40.1 Å². The van der Waals surface area contributed by atoms with Gasteiger partial charge in [0.1, 0.15) is 23.8 Å². The lowest BCUT2D eigenvalue weighted by molar-refractivity contribution is -0.136. The average Bonchev–Trinajstić information content (AvgIpc) is 3.46. The number of nitrogens with one attached hydrogen (secondary N) is 1. The lowest BCUT2D eigenvalue weighted by Gasteiger charge is -2.18. The van der Waals surface area contributed by atoms with Crippen molar-refractivity contribution in [2.24, 2.45) is 0 Å². The van der Waals surface area contributed by atoms with Crippen molar-refractivity contribution in [2.45, 2.75) is 25.3 Å². The van der Waals surface area contributed by atoms with Crippen molar-refractivity contribution in [3.05, 3.63) is 76.9 Å². The summed E-state index contributed by atoms with van der Waals surface area (Å²) in [5, 5.41) is 6.22. The molecule has 3 aromatic heterocycles. The minimum absolute atomic E-state index is 0.116. The Balaban J connectivity index is 1.45. The molecule has 3 N–H and O–H groups in total. The average molecular weight is 563 g/mol. The number of fused-ring (bicyclic) bond motifs is 1. The van der Waals surface area contributed by atoms with Crippen LogP contribution in [0.4, 0.5) is 32.2 Å². The van der Waals surface area contributed by atoms with Crippen molar-refractivity contribution in [2.75, 3.05) is 18.8 Å². The SMILES string of the molecule is Cc1cc(F)c(-c2cc(C(F)(F)F)c3c(N)ncnn23)cc1C(=O)N[C@@H]1CN(C(=O)c2ccncc2F)C[C@@H]1F. The minimum Gasteiger partial charge on any atom is -0.382 e. The van der Waals surface area contributed by atoms with E-state index in [4.69, 9.17) is 5.73 Å². The summed E-state index contributed by atoms with van der Waals surface area (Å²) in [5.74, 6) is -3.97. The highest BCUT2D eigenvalue weighted by molar-refractivity contribution is 5.98. The number of aryl methyl sites for hydroxylation is 1. The van der Waals surface area contributed by atoms with Crippen LogP contribution in [0.3, 0.4) is 0 Å². The van der Waals surface area contributed by atoms with Gasteiger partial charge in [0.25, 0.3) is 11.8 Å². The third kappa shape index (κ3) is 4.67. The Morgan fingerprint density at radius 2 is 1.85 bits per heavy atom. The van der Waals surface area contributed by atoms with Gasteiger partial charge >= 0.3 is 6.18 Å². The van der Waals surface area contributed by atoms with Gasteiger partial charge < -0.3 is 16.0 Å². The molecular weight excluding hydrogens is 544 g/mol. The normalized spacial score (nSPS) is 17.4. The molecule has 4 heterocycles. The van der Waals surface area contributed by atoms with Crippen LogP contribution in [0.1, 0.15) is 31.8 Å². The highest BCUT2D eigenvalue weighted by Gasteiger charge is 2.39. The van der Waals surface area contributed by atoms with Gasteiger partial charge in [-0.3, -0.25) is 14.6 Å². The summed E-state index contributed by atoms with van der Waals surface area (Å²) in [6.45, 7) is 0.689. The third-order valence-electron chi connectivity index (χ3n) is 6.58. The maximum absolute atomic E-state index is 15.1. The maximum Gasteiger partial charge on any atom is 0.418 e. The van der Waals surface area contributed by atoms with Crippen molar-refractivity contribution < 1.29 is 35.9 Å². The number of pyridine rings is 1. The van der Waals surface area contributed by atoms with Gasteiger partial charge in [0.15, 0.2) is 11.6 Å². The van der Waals surface area contributed by atoms with E-state index in [2.05, 4.69) is 20.4 Å². The lowest BCUT2D eigenvalue weighted by Crippen LogP contribution is -2.42. The molecule has 0 spiro atoms. The summed E-state index contributed by atoms with van der Waals surface area (Å²) >= 11 is 0. The number of benzene rings is 1. The van der Waals surface area contributed by atoms with Crippen LogP contribution in [0, 0.1) is 18.6 Å². The number of nitrogens with two attached hydrogens (primary N) is 1. The van der Waals surface area contributed by atoms with Crippen LogP contribution in [0.15, 0.2) is 43.0 Å². The predicted octanol–water partition coefficient (Wildman–Crippen LogP) is 3.57. The van der Waals surface area contributed by atoms with Gasteiger partial charge in [0.2, 0.25) is 0 Å². The fourth-order valence-corrected chi connectivity index (χ4v) is 4.62. The van der Waals surface area contributed by atoms with Crippen LogP contribution in [0.2, 0.25) is 0 Å². The number of halogens is 6. The molecule has 4 aromatic rings. The molecule has 0 bridgehead atoms. The second-order valence-electron chi connectivity index (χ2n) is 9.16. The standard InChI is InChI=1S/C25H19F6N7O2/c1-11-4-16(26)14(20-6-15(25(29,30)31)21-22(32)34-10-35-38(20)21)5-13(11)23(39)36-19-9-37(8-18(19)28)24(40)12-2-3-33-7-17(12)27/h2-7,10,18-19H,8-9H2,1H3,(H,36,39)(H2,32,34,35)/t18-,19+/m0/s1. The first-order valence-electron chi connectivity index (χ1n) is 11.7. The molecule has 5 rings (SSSR count). The number of amides is 2. The number of hydrogen-bond acceptors (Lipinski definition) is 6. The molecule has 9 nitrogen and oxygen atoms in total. The monoisotopic (exact) mass is 563 g/mol. The predicted molar refractivity (Wildman–Crippen MR) is 129 cm³/mol. The molecule has 0 radical (unpaired) electrons. The number of alkyl halides is 4. The minimum atomic E-state index is -4.87. The topological polar surface area (TPSA) is 119 Å². The summed E-state index contributed by atoms with van der Waals surface area (Å²) in [4.78, 5) is 34.0. The van der Waals surface area contributed by atoms with Crippen LogP contribution < -0.4 is 11.1 Å². The number of aromatic nitrogens is 4. The Morgan fingerprint density at radius 1 is 1.10 bits per heavy atom. The number of nitrogens with zero attached hydrogens (tertiary/aromatic N) is 5. The molecule has 2 amide bonds. The van der Waals surface area contributed by atoms with Gasteiger partial charge in [-0.2, -0.15) is 18.3 Å². The largest absolute Gasteiger partial charge is 0.418 e. The zero-order chi connectivity index (χ0) is 28.9. The summed E-state index contributed by atoms with van der Waals surface area (Å²) in [7, 11) is 0. The quantitative estimate of drug-likeness (QED) is 0.367.